The summed E-state index contributed by atoms with van der Waals surface area (Å²) in [5, 5.41) is 15.2. The molecule has 2 N–H and O–H groups in total. The molecule has 0 radical (unpaired) electrons. The number of hydrogen-bond acceptors (Lipinski definition) is 7. The zero-order valence-corrected chi connectivity index (χ0v) is 19.8. The van der Waals surface area contributed by atoms with Crippen LogP contribution in [0.15, 0.2) is 84.9 Å². The molecule has 35 heavy (non-hydrogen) atoms. The van der Waals surface area contributed by atoms with Crippen LogP contribution in [-0.4, -0.2) is 32.8 Å². The minimum atomic E-state index is -0.676. The summed E-state index contributed by atoms with van der Waals surface area (Å²) in [4.78, 5) is 27.4. The quantitative estimate of drug-likeness (QED) is 0.501. The van der Waals surface area contributed by atoms with E-state index in [1.807, 2.05) is 54.7 Å². The summed E-state index contributed by atoms with van der Waals surface area (Å²) >= 11 is 0. The summed E-state index contributed by atoms with van der Waals surface area (Å²) in [6.07, 6.45) is 10.9. The van der Waals surface area contributed by atoms with Crippen LogP contribution in [0.3, 0.4) is 0 Å². The van der Waals surface area contributed by atoms with Gasteiger partial charge in [0.2, 0.25) is 11.9 Å². The molecular weight excluding hydrogens is 438 g/mol. The van der Waals surface area contributed by atoms with Crippen molar-refractivity contribution in [1.29, 1.82) is 5.26 Å². The number of allylic oxidation sites excluding steroid dienone is 1. The largest absolute Gasteiger partial charge is 0.349 e. The molecule has 1 aromatic carbocycles. The van der Waals surface area contributed by atoms with E-state index in [1.165, 1.54) is 0 Å². The molecule has 0 spiro atoms. The number of anilines is 2. The van der Waals surface area contributed by atoms with Crippen molar-refractivity contribution in [3.8, 4) is 17.2 Å². The van der Waals surface area contributed by atoms with E-state index in [4.69, 9.17) is 0 Å². The zero-order valence-electron chi connectivity index (χ0n) is 19.8. The number of nitriles is 1. The molecular formula is C27H25N7O. The summed E-state index contributed by atoms with van der Waals surface area (Å²) in [6, 6.07) is 13.5. The molecule has 8 nitrogen and oxygen atoms in total. The number of rotatable bonds is 7. The van der Waals surface area contributed by atoms with Crippen molar-refractivity contribution in [2.45, 2.75) is 25.7 Å². The third-order valence-corrected chi connectivity index (χ3v) is 5.39. The highest BCUT2D eigenvalue weighted by atomic mass is 16.1. The Morgan fingerprint density at radius 2 is 1.80 bits per heavy atom. The molecule has 0 bridgehead atoms. The number of carbonyl (C=O) groups is 1. The van der Waals surface area contributed by atoms with Crippen molar-refractivity contribution in [2.75, 3.05) is 17.7 Å². The number of benzene rings is 1. The van der Waals surface area contributed by atoms with Crippen LogP contribution in [0.25, 0.3) is 11.1 Å². The maximum Gasteiger partial charge on any atom is 0.228 e. The molecule has 1 aliphatic rings. The number of aromatic nitrogens is 3. The smallest absolute Gasteiger partial charge is 0.228 e. The van der Waals surface area contributed by atoms with E-state index in [0.717, 1.165) is 22.4 Å². The van der Waals surface area contributed by atoms with Crippen LogP contribution in [0, 0.1) is 11.3 Å². The molecule has 3 aromatic rings. The van der Waals surface area contributed by atoms with Crippen LogP contribution >= 0.6 is 0 Å². The second-order valence-corrected chi connectivity index (χ2v) is 8.70. The van der Waals surface area contributed by atoms with Gasteiger partial charge in [0, 0.05) is 43.5 Å². The molecule has 174 valence electrons. The van der Waals surface area contributed by atoms with Crippen LogP contribution in [0.5, 0.6) is 0 Å². The van der Waals surface area contributed by atoms with Crippen LogP contribution in [-0.2, 0) is 16.6 Å². The molecule has 1 aliphatic heterocycles. The number of amides is 1. The van der Waals surface area contributed by atoms with Gasteiger partial charge in [-0.05, 0) is 37.1 Å². The van der Waals surface area contributed by atoms with Crippen LogP contribution < -0.4 is 10.6 Å². The number of hydrogen-bond donors (Lipinski definition) is 2. The van der Waals surface area contributed by atoms with E-state index in [-0.39, 0.29) is 12.3 Å². The van der Waals surface area contributed by atoms with Gasteiger partial charge in [-0.15, -0.1) is 5.73 Å². The second-order valence-electron chi connectivity index (χ2n) is 8.70. The normalized spacial score (nSPS) is 12.6. The summed E-state index contributed by atoms with van der Waals surface area (Å²) in [6.45, 7) is 3.61. The van der Waals surface area contributed by atoms with E-state index in [2.05, 4.69) is 37.4 Å². The fraction of sp³-hybridized carbons (Fsp3) is 0.185. The molecule has 0 fully saturated rings. The maximum atomic E-state index is 12.5. The molecule has 0 saturated heterocycles. The first-order chi connectivity index (χ1) is 16.8. The first kappa shape index (κ1) is 23.4. The third-order valence-electron chi connectivity index (χ3n) is 5.39. The second kappa shape index (κ2) is 10.0. The lowest BCUT2D eigenvalue weighted by Crippen LogP contribution is -2.17. The minimum absolute atomic E-state index is 0.142. The first-order valence-electron chi connectivity index (χ1n) is 11.0. The van der Waals surface area contributed by atoms with Gasteiger partial charge >= 0.3 is 0 Å². The van der Waals surface area contributed by atoms with E-state index < -0.39 is 5.41 Å². The van der Waals surface area contributed by atoms with Gasteiger partial charge in [-0.3, -0.25) is 9.78 Å². The predicted octanol–water partition coefficient (Wildman–Crippen LogP) is 4.39. The summed E-state index contributed by atoms with van der Waals surface area (Å²) in [5.74, 6) is 0.359. The van der Waals surface area contributed by atoms with E-state index in [1.54, 1.807) is 44.6 Å². The molecule has 0 aliphatic carbocycles. The Balaban J connectivity index is 1.34. The SMILES string of the molecule is CN1C=C=CC(Nc2ncc(-c3ccc(CC(=O)Nc4ccc(C(C)(C)C#N)nc4)cc3)cn2)=C1. The molecule has 0 saturated carbocycles. The van der Waals surface area contributed by atoms with Gasteiger partial charge in [0.15, 0.2) is 0 Å². The lowest BCUT2D eigenvalue weighted by Gasteiger charge is -2.14. The fourth-order valence-corrected chi connectivity index (χ4v) is 3.38. The molecule has 0 atom stereocenters. The molecule has 3 heterocycles. The molecule has 4 rings (SSSR count). The number of carbonyl (C=O) groups excluding carboxylic acids is 1. The zero-order chi connectivity index (χ0) is 24.8. The van der Waals surface area contributed by atoms with Gasteiger partial charge in [0.1, 0.15) is 0 Å². The average Bonchev–Trinajstić information content (AvgIpc) is 2.85. The van der Waals surface area contributed by atoms with Gasteiger partial charge in [-0.25, -0.2) is 9.97 Å². The maximum absolute atomic E-state index is 12.5. The highest BCUT2D eigenvalue weighted by Crippen LogP contribution is 2.22. The fourth-order valence-electron chi connectivity index (χ4n) is 3.38. The number of nitrogens with zero attached hydrogens (tertiary/aromatic N) is 5. The lowest BCUT2D eigenvalue weighted by molar-refractivity contribution is -0.115. The van der Waals surface area contributed by atoms with Crippen molar-refractivity contribution in [1.82, 2.24) is 19.9 Å². The Kier molecular flexibility index (Phi) is 6.72. The average molecular weight is 464 g/mol. The Morgan fingerprint density at radius 1 is 1.06 bits per heavy atom. The minimum Gasteiger partial charge on any atom is -0.349 e. The standard InChI is InChI=1S/C27H25N7O/c1-27(2,18-28)24-11-10-22(16-29-24)32-25(35)13-19-6-8-20(9-7-19)21-14-30-26(31-15-21)33-23-5-4-12-34(3)17-23/h5-12,14-17H,13H2,1-3H3,(H,32,35)(H,30,31,33). The predicted molar refractivity (Wildman–Crippen MR) is 135 cm³/mol. The van der Waals surface area contributed by atoms with Crippen molar-refractivity contribution in [3.63, 3.8) is 0 Å². The van der Waals surface area contributed by atoms with Crippen molar-refractivity contribution < 1.29 is 4.79 Å². The van der Waals surface area contributed by atoms with E-state index >= 15 is 0 Å². The molecule has 8 heteroatoms. The van der Waals surface area contributed by atoms with Crippen LogP contribution in [0.1, 0.15) is 25.1 Å². The summed E-state index contributed by atoms with van der Waals surface area (Å²) < 4.78 is 0. The summed E-state index contributed by atoms with van der Waals surface area (Å²) in [7, 11) is 1.92. The van der Waals surface area contributed by atoms with E-state index in [0.29, 0.717) is 17.3 Å². The number of pyridine rings is 1. The third kappa shape index (κ3) is 5.99. The highest BCUT2D eigenvalue weighted by molar-refractivity contribution is 5.92. The Bertz CT molecular complexity index is 1340. The van der Waals surface area contributed by atoms with Crippen molar-refractivity contribution in [3.05, 3.63) is 96.2 Å². The van der Waals surface area contributed by atoms with Gasteiger partial charge in [-0.1, -0.05) is 24.3 Å². The Hall–Kier alpha value is -4.73. The topological polar surface area (TPSA) is 107 Å². The first-order valence-corrected chi connectivity index (χ1v) is 11.0. The van der Waals surface area contributed by atoms with Gasteiger partial charge in [0.05, 0.1) is 41.2 Å². The molecule has 2 aromatic heterocycles. The summed E-state index contributed by atoms with van der Waals surface area (Å²) in [5.41, 5.74) is 7.18. The molecule has 0 unspecified atom stereocenters. The van der Waals surface area contributed by atoms with Gasteiger partial charge < -0.3 is 15.5 Å². The van der Waals surface area contributed by atoms with Crippen molar-refractivity contribution >= 4 is 17.5 Å². The van der Waals surface area contributed by atoms with Gasteiger partial charge in [0.25, 0.3) is 0 Å². The van der Waals surface area contributed by atoms with Gasteiger partial charge in [-0.2, -0.15) is 5.26 Å². The monoisotopic (exact) mass is 463 g/mol. The number of nitrogens with one attached hydrogen (secondary N) is 2. The van der Waals surface area contributed by atoms with Crippen LogP contribution in [0.2, 0.25) is 0 Å². The molecule has 1 amide bonds. The van der Waals surface area contributed by atoms with Crippen LogP contribution in [0.4, 0.5) is 11.6 Å². The lowest BCUT2D eigenvalue weighted by atomic mass is 9.91. The highest BCUT2D eigenvalue weighted by Gasteiger charge is 2.21. The Labute approximate surface area is 204 Å². The van der Waals surface area contributed by atoms with Crippen molar-refractivity contribution in [2.24, 2.45) is 0 Å². The Morgan fingerprint density at radius 3 is 2.43 bits per heavy atom. The van der Waals surface area contributed by atoms with E-state index in [9.17, 15) is 10.1 Å².